The fourth-order valence-electron chi connectivity index (χ4n) is 3.08. The molecule has 0 bridgehead atoms. The largest absolute Gasteiger partial charge is 0.341 e. The molecule has 2 rings (SSSR count). The van der Waals surface area contributed by atoms with Crippen molar-refractivity contribution in [3.63, 3.8) is 0 Å². The van der Waals surface area contributed by atoms with Gasteiger partial charge in [-0.3, -0.25) is 4.79 Å². The number of carbonyl (C=O) groups is 1. The van der Waals surface area contributed by atoms with Gasteiger partial charge in [-0.1, -0.05) is 20.8 Å². The van der Waals surface area contributed by atoms with Crippen LogP contribution >= 0.6 is 0 Å². The first-order valence-electron chi connectivity index (χ1n) is 7.00. The van der Waals surface area contributed by atoms with Gasteiger partial charge in [0.2, 0.25) is 5.91 Å². The summed E-state index contributed by atoms with van der Waals surface area (Å²) in [6.45, 7) is 9.86. The summed E-state index contributed by atoms with van der Waals surface area (Å²) in [6, 6.07) is 0.112. The molecular weight excluding hydrogens is 212 g/mol. The van der Waals surface area contributed by atoms with Gasteiger partial charge >= 0.3 is 0 Å². The van der Waals surface area contributed by atoms with Crippen LogP contribution in [0.25, 0.3) is 0 Å². The highest BCUT2D eigenvalue weighted by Gasteiger charge is 2.33. The Bertz CT molecular complexity index is 268. The molecule has 2 aliphatic rings. The van der Waals surface area contributed by atoms with Crippen LogP contribution in [0.3, 0.4) is 0 Å². The lowest BCUT2D eigenvalue weighted by Gasteiger charge is -2.39. The molecule has 17 heavy (non-hydrogen) atoms. The van der Waals surface area contributed by atoms with Crippen LogP contribution in [-0.2, 0) is 4.79 Å². The highest BCUT2D eigenvalue weighted by atomic mass is 16.2. The number of hydrogen-bond donors (Lipinski definition) is 1. The van der Waals surface area contributed by atoms with Gasteiger partial charge in [0.15, 0.2) is 0 Å². The molecule has 2 fully saturated rings. The summed E-state index contributed by atoms with van der Waals surface area (Å²) in [6.07, 6.45) is 4.51. The van der Waals surface area contributed by atoms with Gasteiger partial charge in [0.05, 0.1) is 6.04 Å². The highest BCUT2D eigenvalue weighted by Crippen LogP contribution is 2.34. The molecule has 1 amide bonds. The molecule has 0 aromatic heterocycles. The second kappa shape index (κ2) is 4.97. The molecule has 2 aliphatic heterocycles. The van der Waals surface area contributed by atoms with E-state index in [2.05, 4.69) is 31.0 Å². The minimum absolute atomic E-state index is 0.112. The van der Waals surface area contributed by atoms with Gasteiger partial charge in [-0.2, -0.15) is 0 Å². The number of amides is 1. The molecule has 0 aromatic rings. The van der Waals surface area contributed by atoms with E-state index in [4.69, 9.17) is 0 Å². The quantitative estimate of drug-likeness (QED) is 0.758. The maximum atomic E-state index is 12.2. The van der Waals surface area contributed by atoms with Crippen molar-refractivity contribution in [2.75, 3.05) is 19.6 Å². The number of likely N-dealkylation sites (tertiary alicyclic amines) is 1. The van der Waals surface area contributed by atoms with E-state index in [0.717, 1.165) is 38.4 Å². The van der Waals surface area contributed by atoms with Gasteiger partial charge in [-0.25, -0.2) is 0 Å². The Morgan fingerprint density at radius 1 is 1.18 bits per heavy atom. The third-order valence-electron chi connectivity index (χ3n) is 4.39. The minimum Gasteiger partial charge on any atom is -0.341 e. The van der Waals surface area contributed by atoms with Crippen LogP contribution < -0.4 is 5.32 Å². The van der Waals surface area contributed by atoms with Crippen molar-refractivity contribution >= 4 is 5.91 Å². The number of carbonyl (C=O) groups excluding carboxylic acids is 1. The second-order valence-electron chi connectivity index (χ2n) is 6.61. The van der Waals surface area contributed by atoms with Crippen molar-refractivity contribution in [3.05, 3.63) is 0 Å². The smallest absolute Gasteiger partial charge is 0.239 e. The summed E-state index contributed by atoms with van der Waals surface area (Å²) in [4.78, 5) is 14.3. The van der Waals surface area contributed by atoms with E-state index >= 15 is 0 Å². The van der Waals surface area contributed by atoms with Crippen molar-refractivity contribution in [2.24, 2.45) is 11.3 Å². The van der Waals surface area contributed by atoms with Crippen molar-refractivity contribution in [1.29, 1.82) is 0 Å². The predicted octanol–water partition coefficient (Wildman–Crippen LogP) is 2.02. The zero-order chi connectivity index (χ0) is 12.5. The zero-order valence-electron chi connectivity index (χ0n) is 11.5. The van der Waals surface area contributed by atoms with Crippen molar-refractivity contribution in [3.8, 4) is 0 Å². The first-order chi connectivity index (χ1) is 7.98. The van der Waals surface area contributed by atoms with E-state index in [1.165, 1.54) is 12.8 Å². The Balaban J connectivity index is 1.84. The van der Waals surface area contributed by atoms with Crippen LogP contribution in [0.15, 0.2) is 0 Å². The molecule has 1 atom stereocenters. The van der Waals surface area contributed by atoms with E-state index in [-0.39, 0.29) is 6.04 Å². The zero-order valence-corrected chi connectivity index (χ0v) is 11.5. The Morgan fingerprint density at radius 2 is 1.82 bits per heavy atom. The molecule has 3 heteroatoms. The van der Waals surface area contributed by atoms with Crippen LogP contribution in [-0.4, -0.2) is 36.5 Å². The molecule has 1 N–H and O–H groups in total. The molecule has 0 aliphatic carbocycles. The van der Waals surface area contributed by atoms with Crippen molar-refractivity contribution in [2.45, 2.75) is 52.5 Å². The van der Waals surface area contributed by atoms with Crippen molar-refractivity contribution in [1.82, 2.24) is 10.2 Å². The monoisotopic (exact) mass is 238 g/mol. The maximum absolute atomic E-state index is 12.2. The van der Waals surface area contributed by atoms with Crippen LogP contribution in [0.1, 0.15) is 46.5 Å². The number of rotatable bonds is 1. The Labute approximate surface area is 105 Å². The maximum Gasteiger partial charge on any atom is 0.239 e. The molecule has 98 valence electrons. The molecule has 0 aromatic carbocycles. The molecule has 3 nitrogen and oxygen atoms in total. The number of nitrogens with zero attached hydrogens (tertiary/aromatic N) is 1. The van der Waals surface area contributed by atoms with Crippen LogP contribution in [0.4, 0.5) is 0 Å². The fraction of sp³-hybridized carbons (Fsp3) is 0.929. The fourth-order valence-corrected chi connectivity index (χ4v) is 3.08. The topological polar surface area (TPSA) is 32.3 Å². The number of hydrogen-bond acceptors (Lipinski definition) is 2. The van der Waals surface area contributed by atoms with Crippen molar-refractivity contribution < 1.29 is 4.79 Å². The van der Waals surface area contributed by atoms with E-state index < -0.39 is 0 Å². The number of nitrogens with one attached hydrogen (secondary N) is 1. The summed E-state index contributed by atoms with van der Waals surface area (Å²) in [5.74, 6) is 1.11. The molecule has 1 unspecified atom stereocenters. The first kappa shape index (κ1) is 12.9. The van der Waals surface area contributed by atoms with Gasteiger partial charge in [0, 0.05) is 13.1 Å². The van der Waals surface area contributed by atoms with Crippen LogP contribution in [0.2, 0.25) is 0 Å². The third-order valence-corrected chi connectivity index (χ3v) is 4.39. The Morgan fingerprint density at radius 3 is 2.29 bits per heavy atom. The molecule has 0 saturated carbocycles. The van der Waals surface area contributed by atoms with E-state index in [1.54, 1.807) is 0 Å². The van der Waals surface area contributed by atoms with Gasteiger partial charge in [-0.05, 0) is 43.6 Å². The molecule has 0 spiro atoms. The van der Waals surface area contributed by atoms with Crippen LogP contribution in [0, 0.1) is 11.3 Å². The average Bonchev–Trinajstić information content (AvgIpc) is 2.80. The Hall–Kier alpha value is -0.570. The third kappa shape index (κ3) is 3.01. The van der Waals surface area contributed by atoms with Gasteiger partial charge in [0.1, 0.15) is 0 Å². The lowest BCUT2D eigenvalue weighted by molar-refractivity contribution is -0.135. The van der Waals surface area contributed by atoms with Gasteiger partial charge < -0.3 is 10.2 Å². The van der Waals surface area contributed by atoms with E-state index in [0.29, 0.717) is 11.3 Å². The number of piperidine rings is 1. The standard InChI is InChI=1S/C14H26N2O/c1-14(2,3)11-6-9-16(10-7-11)13(17)12-5-4-8-15-12/h11-12,15H,4-10H2,1-3H3. The molecule has 0 radical (unpaired) electrons. The lowest BCUT2D eigenvalue weighted by Crippen LogP contribution is -2.48. The van der Waals surface area contributed by atoms with Gasteiger partial charge in [-0.15, -0.1) is 0 Å². The summed E-state index contributed by atoms with van der Waals surface area (Å²) in [5.41, 5.74) is 0.390. The Kier molecular flexibility index (Phi) is 3.76. The summed E-state index contributed by atoms with van der Waals surface area (Å²) >= 11 is 0. The summed E-state index contributed by atoms with van der Waals surface area (Å²) in [7, 11) is 0. The summed E-state index contributed by atoms with van der Waals surface area (Å²) < 4.78 is 0. The lowest BCUT2D eigenvalue weighted by atomic mass is 9.75. The average molecular weight is 238 g/mol. The van der Waals surface area contributed by atoms with Gasteiger partial charge in [0.25, 0.3) is 0 Å². The van der Waals surface area contributed by atoms with E-state index in [9.17, 15) is 4.79 Å². The first-order valence-corrected chi connectivity index (χ1v) is 7.00. The predicted molar refractivity (Wildman–Crippen MR) is 69.8 cm³/mol. The minimum atomic E-state index is 0.112. The van der Waals surface area contributed by atoms with E-state index in [1.807, 2.05) is 0 Å². The van der Waals surface area contributed by atoms with Crippen LogP contribution in [0.5, 0.6) is 0 Å². The SMILES string of the molecule is CC(C)(C)C1CCN(C(=O)C2CCCN2)CC1. The molecular formula is C14H26N2O. The highest BCUT2D eigenvalue weighted by molar-refractivity contribution is 5.82. The normalized spacial score (nSPS) is 27.5. The second-order valence-corrected chi connectivity index (χ2v) is 6.61. The molecule has 2 heterocycles. The molecule has 2 saturated heterocycles. The summed E-state index contributed by atoms with van der Waals surface area (Å²) in [5, 5.41) is 3.30.